The molecule has 0 bridgehead atoms. The van der Waals surface area contributed by atoms with E-state index in [1.165, 1.54) is 0 Å². The van der Waals surface area contributed by atoms with Crippen molar-refractivity contribution in [2.75, 3.05) is 6.61 Å². The maximum atomic E-state index is 12.2. The Labute approximate surface area is 152 Å². The number of hydrogen-bond acceptors (Lipinski definition) is 4. The van der Waals surface area contributed by atoms with Gasteiger partial charge >= 0.3 is 11.9 Å². The van der Waals surface area contributed by atoms with Crippen LogP contribution in [0.4, 0.5) is 0 Å². The molecular weight excluding hydrogens is 334 g/mol. The number of carbonyl (C=O) groups is 3. The molecule has 2 atom stereocenters. The van der Waals surface area contributed by atoms with Crippen molar-refractivity contribution in [3.63, 3.8) is 0 Å². The molecule has 0 unspecified atom stereocenters. The van der Waals surface area contributed by atoms with Crippen LogP contribution in [0.25, 0.3) is 10.8 Å². The third-order valence-electron chi connectivity index (χ3n) is 4.09. The quantitative estimate of drug-likeness (QED) is 0.708. The lowest BCUT2D eigenvalue weighted by Crippen LogP contribution is -2.43. The summed E-state index contributed by atoms with van der Waals surface area (Å²) in [4.78, 5) is 35.3. The number of carbonyl (C=O) groups excluding carboxylic acids is 2. The van der Waals surface area contributed by atoms with E-state index in [0.29, 0.717) is 0 Å². The van der Waals surface area contributed by atoms with Gasteiger partial charge in [0.15, 0.2) is 0 Å². The molecule has 2 aromatic carbocycles. The molecule has 0 aliphatic rings. The molecule has 2 aromatic rings. The fraction of sp³-hybridized carbons (Fsp3) is 0.350. The molecule has 0 fully saturated rings. The first-order valence-electron chi connectivity index (χ1n) is 8.57. The lowest BCUT2D eigenvalue weighted by atomic mass is 10.0. The normalized spacial score (nSPS) is 13.0. The second-order valence-corrected chi connectivity index (χ2v) is 6.21. The molecule has 2 N–H and O–H groups in total. The lowest BCUT2D eigenvalue weighted by Gasteiger charge is -2.18. The number of fused-ring (bicyclic) bond motifs is 1. The Morgan fingerprint density at radius 3 is 2.46 bits per heavy atom. The number of esters is 1. The summed E-state index contributed by atoms with van der Waals surface area (Å²) in [5.74, 6) is -2.66. The Balaban J connectivity index is 2.00. The molecule has 0 aromatic heterocycles. The van der Waals surface area contributed by atoms with E-state index in [1.807, 2.05) is 42.5 Å². The van der Waals surface area contributed by atoms with E-state index in [9.17, 15) is 19.5 Å². The van der Waals surface area contributed by atoms with Gasteiger partial charge in [-0.2, -0.15) is 0 Å². The summed E-state index contributed by atoms with van der Waals surface area (Å²) in [6.45, 7) is 3.50. The predicted molar refractivity (Wildman–Crippen MR) is 97.6 cm³/mol. The minimum absolute atomic E-state index is 0.0162. The van der Waals surface area contributed by atoms with E-state index < -0.39 is 29.8 Å². The minimum atomic E-state index is -1.17. The van der Waals surface area contributed by atoms with Gasteiger partial charge in [-0.25, -0.2) is 4.79 Å². The zero-order valence-corrected chi connectivity index (χ0v) is 14.9. The molecular formula is C20H23NO5. The minimum Gasteiger partial charge on any atom is -0.480 e. The first-order valence-corrected chi connectivity index (χ1v) is 8.57. The first-order chi connectivity index (χ1) is 12.4. The zero-order valence-electron chi connectivity index (χ0n) is 14.9. The van der Waals surface area contributed by atoms with E-state index in [-0.39, 0.29) is 19.4 Å². The van der Waals surface area contributed by atoms with E-state index in [1.54, 1.807) is 13.8 Å². The number of hydrogen-bond donors (Lipinski definition) is 2. The largest absolute Gasteiger partial charge is 0.480 e. The van der Waals surface area contributed by atoms with Gasteiger partial charge in [-0.05, 0) is 29.7 Å². The third-order valence-corrected chi connectivity index (χ3v) is 4.09. The zero-order chi connectivity index (χ0) is 19.1. The van der Waals surface area contributed by atoms with Crippen molar-refractivity contribution in [3.8, 4) is 0 Å². The maximum Gasteiger partial charge on any atom is 0.326 e. The molecule has 6 heteroatoms. The molecule has 138 valence electrons. The molecule has 0 radical (unpaired) electrons. The second kappa shape index (κ2) is 8.99. The second-order valence-electron chi connectivity index (χ2n) is 6.21. The average molecular weight is 357 g/mol. The molecule has 2 rings (SSSR count). The van der Waals surface area contributed by atoms with Crippen LogP contribution in [-0.4, -0.2) is 35.6 Å². The van der Waals surface area contributed by atoms with Gasteiger partial charge in [0.05, 0.1) is 18.9 Å². The fourth-order valence-electron chi connectivity index (χ4n) is 2.74. The number of ether oxygens (including phenoxy) is 1. The summed E-state index contributed by atoms with van der Waals surface area (Å²) in [5.41, 5.74) is 0.795. The highest BCUT2D eigenvalue weighted by Crippen LogP contribution is 2.16. The van der Waals surface area contributed by atoms with Crippen LogP contribution in [0.3, 0.4) is 0 Å². The summed E-state index contributed by atoms with van der Waals surface area (Å²) in [6.07, 6.45) is 0.0556. The molecule has 0 saturated heterocycles. The number of aliphatic carboxylic acids is 1. The molecule has 0 heterocycles. The summed E-state index contributed by atoms with van der Waals surface area (Å²) in [7, 11) is 0. The van der Waals surface area contributed by atoms with E-state index in [0.717, 1.165) is 16.3 Å². The number of rotatable bonds is 8. The van der Waals surface area contributed by atoms with Gasteiger partial charge in [0, 0.05) is 0 Å². The van der Waals surface area contributed by atoms with Gasteiger partial charge in [0.25, 0.3) is 0 Å². The summed E-state index contributed by atoms with van der Waals surface area (Å²) >= 11 is 0. The standard InChI is InChI=1S/C20H23NO5/c1-3-26-20(25)13(2)10-17(19(23)24)21-18(22)12-14-8-9-15-6-4-5-7-16(15)11-14/h4-9,11,13,17H,3,10,12H2,1-2H3,(H,21,22)(H,23,24)/t13-,17+/m1/s1. The van der Waals surface area contributed by atoms with Crippen LogP contribution in [0.15, 0.2) is 42.5 Å². The highest BCUT2D eigenvalue weighted by molar-refractivity contribution is 5.87. The molecule has 1 amide bonds. The van der Waals surface area contributed by atoms with Crippen molar-refractivity contribution in [2.24, 2.45) is 5.92 Å². The van der Waals surface area contributed by atoms with Crippen molar-refractivity contribution in [1.82, 2.24) is 5.32 Å². The van der Waals surface area contributed by atoms with Gasteiger partial charge in [-0.1, -0.05) is 49.4 Å². The van der Waals surface area contributed by atoms with E-state index in [4.69, 9.17) is 4.74 Å². The number of nitrogens with one attached hydrogen (secondary N) is 1. The summed E-state index contributed by atoms with van der Waals surface area (Å²) < 4.78 is 4.88. The molecule has 6 nitrogen and oxygen atoms in total. The monoisotopic (exact) mass is 357 g/mol. The maximum absolute atomic E-state index is 12.2. The average Bonchev–Trinajstić information content (AvgIpc) is 2.61. The van der Waals surface area contributed by atoms with Crippen molar-refractivity contribution in [1.29, 1.82) is 0 Å². The van der Waals surface area contributed by atoms with Crippen LogP contribution in [-0.2, 0) is 25.5 Å². The Morgan fingerprint density at radius 1 is 1.12 bits per heavy atom. The molecule has 0 aliphatic carbocycles. The van der Waals surface area contributed by atoms with Crippen molar-refractivity contribution in [3.05, 3.63) is 48.0 Å². The fourth-order valence-corrected chi connectivity index (χ4v) is 2.74. The van der Waals surface area contributed by atoms with E-state index >= 15 is 0 Å². The number of carboxylic acids is 1. The highest BCUT2D eigenvalue weighted by atomic mass is 16.5. The number of amides is 1. The van der Waals surface area contributed by atoms with Gasteiger partial charge in [-0.15, -0.1) is 0 Å². The van der Waals surface area contributed by atoms with Crippen LogP contribution in [0.5, 0.6) is 0 Å². The van der Waals surface area contributed by atoms with Crippen molar-refractivity contribution >= 4 is 28.6 Å². The third kappa shape index (κ3) is 5.31. The SMILES string of the molecule is CCOC(=O)[C@H](C)C[C@H](NC(=O)Cc1ccc2ccccc2c1)C(=O)O. The molecule has 0 aliphatic heterocycles. The Bertz CT molecular complexity index is 802. The lowest BCUT2D eigenvalue weighted by molar-refractivity contribution is -0.149. The number of benzene rings is 2. The van der Waals surface area contributed by atoms with Gasteiger partial charge in [0.1, 0.15) is 6.04 Å². The van der Waals surface area contributed by atoms with Crippen LogP contribution >= 0.6 is 0 Å². The Kier molecular flexibility index (Phi) is 6.72. The van der Waals surface area contributed by atoms with Crippen LogP contribution in [0.2, 0.25) is 0 Å². The highest BCUT2D eigenvalue weighted by Gasteiger charge is 2.26. The molecule has 0 spiro atoms. The summed E-state index contributed by atoms with van der Waals surface area (Å²) in [6, 6.07) is 12.3. The van der Waals surface area contributed by atoms with Gasteiger partial charge in [-0.3, -0.25) is 9.59 Å². The van der Waals surface area contributed by atoms with Crippen molar-refractivity contribution < 1.29 is 24.2 Å². The topological polar surface area (TPSA) is 92.7 Å². The van der Waals surface area contributed by atoms with E-state index in [2.05, 4.69) is 5.32 Å². The van der Waals surface area contributed by atoms with Gasteiger partial charge < -0.3 is 15.2 Å². The van der Waals surface area contributed by atoms with Crippen molar-refractivity contribution in [2.45, 2.75) is 32.7 Å². The predicted octanol–water partition coefficient (Wildman–Crippen LogP) is 2.54. The van der Waals surface area contributed by atoms with Crippen LogP contribution in [0.1, 0.15) is 25.8 Å². The van der Waals surface area contributed by atoms with Crippen LogP contribution < -0.4 is 5.32 Å². The van der Waals surface area contributed by atoms with Crippen LogP contribution in [0, 0.1) is 5.92 Å². The van der Waals surface area contributed by atoms with Gasteiger partial charge in [0.2, 0.25) is 5.91 Å². The smallest absolute Gasteiger partial charge is 0.326 e. The molecule has 26 heavy (non-hydrogen) atoms. The Morgan fingerprint density at radius 2 is 1.81 bits per heavy atom. The Hall–Kier alpha value is -2.89. The summed E-state index contributed by atoms with van der Waals surface area (Å²) in [5, 5.41) is 13.9. The molecule has 0 saturated carbocycles. The number of carboxylic acid groups (broad SMARTS) is 1. The first kappa shape index (κ1) is 19.4.